The molecule has 2 aromatic rings. The number of anilines is 1. The summed E-state index contributed by atoms with van der Waals surface area (Å²) >= 11 is 0. The Kier molecular flexibility index (Phi) is 3.60. The molecule has 19 heavy (non-hydrogen) atoms. The van der Waals surface area contributed by atoms with Crippen molar-refractivity contribution in [3.63, 3.8) is 0 Å². The molecule has 0 aromatic heterocycles. The Hall–Kier alpha value is -2.23. The average Bonchev–Trinajstić information content (AvgIpc) is 2.38. The van der Waals surface area contributed by atoms with Gasteiger partial charge in [0, 0.05) is 12.1 Å². The van der Waals surface area contributed by atoms with Gasteiger partial charge in [0.05, 0.1) is 12.8 Å². The third-order valence-corrected chi connectivity index (χ3v) is 3.06. The maximum Gasteiger partial charge on any atom is 0.167 e. The fourth-order valence-corrected chi connectivity index (χ4v) is 1.75. The molecule has 0 aliphatic rings. The Morgan fingerprint density at radius 2 is 1.79 bits per heavy atom. The van der Waals surface area contributed by atoms with Crippen molar-refractivity contribution in [1.82, 2.24) is 0 Å². The number of hydrogen-bond acceptors (Lipinski definition) is 3. The zero-order valence-corrected chi connectivity index (χ0v) is 11.2. The van der Waals surface area contributed by atoms with Crippen LogP contribution in [-0.2, 0) is 0 Å². The summed E-state index contributed by atoms with van der Waals surface area (Å²) in [5.74, 6) is 0.676. The largest absolute Gasteiger partial charge is 0.494 e. The molecule has 0 heterocycles. The summed E-state index contributed by atoms with van der Waals surface area (Å²) in [6, 6.07) is 8.38. The fourth-order valence-electron chi connectivity index (χ4n) is 1.75. The molecule has 0 saturated carbocycles. The SMILES string of the molecule is COc1cc(Oc2cccc(C)c2C)c(N)cc1F. The number of benzene rings is 2. The van der Waals surface area contributed by atoms with E-state index < -0.39 is 5.82 Å². The molecule has 0 atom stereocenters. The van der Waals surface area contributed by atoms with E-state index in [-0.39, 0.29) is 11.4 Å². The molecule has 0 radical (unpaired) electrons. The van der Waals surface area contributed by atoms with Gasteiger partial charge in [-0.3, -0.25) is 0 Å². The van der Waals surface area contributed by atoms with E-state index in [1.807, 2.05) is 32.0 Å². The van der Waals surface area contributed by atoms with Crippen molar-refractivity contribution in [3.05, 3.63) is 47.3 Å². The van der Waals surface area contributed by atoms with Crippen molar-refractivity contribution in [3.8, 4) is 17.2 Å². The second kappa shape index (κ2) is 5.18. The van der Waals surface area contributed by atoms with Crippen LogP contribution in [0.3, 0.4) is 0 Å². The van der Waals surface area contributed by atoms with Gasteiger partial charge in [0.15, 0.2) is 17.3 Å². The minimum atomic E-state index is -0.506. The number of methoxy groups -OCH3 is 1. The normalized spacial score (nSPS) is 10.3. The zero-order valence-electron chi connectivity index (χ0n) is 11.2. The Morgan fingerprint density at radius 1 is 1.05 bits per heavy atom. The van der Waals surface area contributed by atoms with E-state index in [4.69, 9.17) is 15.2 Å². The summed E-state index contributed by atoms with van der Waals surface area (Å²) in [6.07, 6.45) is 0. The monoisotopic (exact) mass is 261 g/mol. The molecule has 2 N–H and O–H groups in total. The van der Waals surface area contributed by atoms with Gasteiger partial charge in [-0.25, -0.2) is 4.39 Å². The van der Waals surface area contributed by atoms with Crippen LogP contribution in [0.5, 0.6) is 17.2 Å². The molecule has 0 aliphatic heterocycles. The molecule has 0 aliphatic carbocycles. The number of nitrogens with two attached hydrogens (primary N) is 1. The molecule has 0 spiro atoms. The van der Waals surface area contributed by atoms with Crippen LogP contribution in [0.4, 0.5) is 10.1 Å². The summed E-state index contributed by atoms with van der Waals surface area (Å²) in [6.45, 7) is 3.96. The van der Waals surface area contributed by atoms with Crippen LogP contribution in [0.1, 0.15) is 11.1 Å². The van der Waals surface area contributed by atoms with E-state index in [1.54, 1.807) is 0 Å². The Balaban J connectivity index is 2.41. The van der Waals surface area contributed by atoms with Crippen LogP contribution in [0.15, 0.2) is 30.3 Å². The van der Waals surface area contributed by atoms with Gasteiger partial charge in [0.2, 0.25) is 0 Å². The molecule has 0 unspecified atom stereocenters. The summed E-state index contributed by atoms with van der Waals surface area (Å²) in [4.78, 5) is 0. The maximum absolute atomic E-state index is 13.5. The highest BCUT2D eigenvalue weighted by molar-refractivity contribution is 5.58. The number of rotatable bonds is 3. The van der Waals surface area contributed by atoms with Gasteiger partial charge in [-0.15, -0.1) is 0 Å². The van der Waals surface area contributed by atoms with E-state index in [9.17, 15) is 4.39 Å². The number of aryl methyl sites for hydroxylation is 1. The second-order valence-electron chi connectivity index (χ2n) is 4.32. The van der Waals surface area contributed by atoms with Gasteiger partial charge in [-0.1, -0.05) is 12.1 Å². The Labute approximate surface area is 111 Å². The fraction of sp³-hybridized carbons (Fsp3) is 0.200. The molecule has 4 heteroatoms. The molecule has 2 rings (SSSR count). The van der Waals surface area contributed by atoms with Crippen molar-refractivity contribution in [2.24, 2.45) is 0 Å². The number of hydrogen-bond donors (Lipinski definition) is 1. The smallest absolute Gasteiger partial charge is 0.167 e. The van der Waals surface area contributed by atoms with E-state index in [0.717, 1.165) is 11.1 Å². The lowest BCUT2D eigenvalue weighted by atomic mass is 10.1. The quantitative estimate of drug-likeness (QED) is 0.854. The molecule has 3 nitrogen and oxygen atoms in total. The van der Waals surface area contributed by atoms with Crippen LogP contribution >= 0.6 is 0 Å². The molecule has 0 amide bonds. The summed E-state index contributed by atoms with van der Waals surface area (Å²) < 4.78 is 24.1. The van der Waals surface area contributed by atoms with E-state index in [2.05, 4.69) is 0 Å². The van der Waals surface area contributed by atoms with Gasteiger partial charge in [0.1, 0.15) is 5.75 Å². The standard InChI is InChI=1S/C15H16FNO2/c1-9-5-4-6-13(10(9)2)19-15-8-14(18-3)11(16)7-12(15)17/h4-8H,17H2,1-3H3. The molecule has 0 fully saturated rings. The van der Waals surface area contributed by atoms with Crippen LogP contribution in [0.2, 0.25) is 0 Å². The lowest BCUT2D eigenvalue weighted by Gasteiger charge is -2.13. The summed E-state index contributed by atoms with van der Waals surface area (Å²) in [5, 5.41) is 0. The number of nitrogen functional groups attached to an aromatic ring is 1. The Bertz CT molecular complexity index is 611. The van der Waals surface area contributed by atoms with Crippen molar-refractivity contribution in [1.29, 1.82) is 0 Å². The lowest BCUT2D eigenvalue weighted by molar-refractivity contribution is 0.382. The highest BCUT2D eigenvalue weighted by Crippen LogP contribution is 2.34. The first-order valence-corrected chi connectivity index (χ1v) is 5.90. The minimum Gasteiger partial charge on any atom is -0.494 e. The van der Waals surface area contributed by atoms with Gasteiger partial charge >= 0.3 is 0 Å². The third-order valence-electron chi connectivity index (χ3n) is 3.06. The van der Waals surface area contributed by atoms with Crippen molar-refractivity contribution in [2.45, 2.75) is 13.8 Å². The van der Waals surface area contributed by atoms with Gasteiger partial charge < -0.3 is 15.2 Å². The van der Waals surface area contributed by atoms with Crippen molar-refractivity contribution >= 4 is 5.69 Å². The van der Waals surface area contributed by atoms with Gasteiger partial charge in [-0.05, 0) is 31.0 Å². The molecule has 2 aromatic carbocycles. The Morgan fingerprint density at radius 3 is 2.47 bits per heavy atom. The van der Waals surface area contributed by atoms with Crippen molar-refractivity contribution in [2.75, 3.05) is 12.8 Å². The first-order chi connectivity index (χ1) is 9.02. The predicted molar refractivity (Wildman–Crippen MR) is 73.4 cm³/mol. The molecule has 100 valence electrons. The van der Waals surface area contributed by atoms with E-state index >= 15 is 0 Å². The third kappa shape index (κ3) is 2.62. The van der Waals surface area contributed by atoms with Crippen LogP contribution in [0, 0.1) is 19.7 Å². The molecule has 0 bridgehead atoms. The number of halogens is 1. The molecular weight excluding hydrogens is 245 g/mol. The molecule has 0 saturated heterocycles. The summed E-state index contributed by atoms with van der Waals surface area (Å²) in [7, 11) is 1.40. The highest BCUT2D eigenvalue weighted by Gasteiger charge is 2.11. The van der Waals surface area contributed by atoms with Gasteiger partial charge in [-0.2, -0.15) is 0 Å². The van der Waals surface area contributed by atoms with Crippen LogP contribution in [0.25, 0.3) is 0 Å². The van der Waals surface area contributed by atoms with Gasteiger partial charge in [0.25, 0.3) is 0 Å². The first-order valence-electron chi connectivity index (χ1n) is 5.90. The topological polar surface area (TPSA) is 44.5 Å². The molecular formula is C15H16FNO2. The second-order valence-corrected chi connectivity index (χ2v) is 4.32. The zero-order chi connectivity index (χ0) is 14.0. The maximum atomic E-state index is 13.5. The van der Waals surface area contributed by atoms with E-state index in [0.29, 0.717) is 11.5 Å². The first kappa shape index (κ1) is 13.2. The number of ether oxygens (including phenoxy) is 2. The highest BCUT2D eigenvalue weighted by atomic mass is 19.1. The predicted octanol–water partition coefficient (Wildman–Crippen LogP) is 3.83. The van der Waals surface area contributed by atoms with Crippen LogP contribution < -0.4 is 15.2 Å². The van der Waals surface area contributed by atoms with E-state index in [1.165, 1.54) is 19.2 Å². The average molecular weight is 261 g/mol. The van der Waals surface area contributed by atoms with Crippen LogP contribution in [-0.4, -0.2) is 7.11 Å². The summed E-state index contributed by atoms with van der Waals surface area (Å²) in [5.41, 5.74) is 8.13. The minimum absolute atomic E-state index is 0.106. The van der Waals surface area contributed by atoms with Crippen molar-refractivity contribution < 1.29 is 13.9 Å². The lowest BCUT2D eigenvalue weighted by Crippen LogP contribution is -1.97.